The number of hydrogen-bond donors (Lipinski definition) is 0. The Balaban J connectivity index is 1.70. The van der Waals surface area contributed by atoms with Crippen LogP contribution in [0.3, 0.4) is 0 Å². The SMILES string of the molecule is O=C(c1sc2cc(F)ccc2c1Cl)N(Cc1ccco1)C1CC1. The fraction of sp³-hybridized carbons (Fsp3) is 0.235. The van der Waals surface area contributed by atoms with Crippen LogP contribution in [0, 0.1) is 5.82 Å². The molecule has 118 valence electrons. The van der Waals surface area contributed by atoms with E-state index in [-0.39, 0.29) is 17.8 Å². The molecule has 1 aliphatic rings. The molecule has 1 saturated carbocycles. The molecule has 6 heteroatoms. The number of halogens is 2. The number of fused-ring (bicyclic) bond motifs is 1. The van der Waals surface area contributed by atoms with Crippen LogP contribution < -0.4 is 0 Å². The summed E-state index contributed by atoms with van der Waals surface area (Å²) in [5, 5.41) is 1.12. The Morgan fingerprint density at radius 2 is 2.22 bits per heavy atom. The Labute approximate surface area is 141 Å². The van der Waals surface area contributed by atoms with Crippen LogP contribution in [0.1, 0.15) is 28.3 Å². The maximum absolute atomic E-state index is 13.4. The van der Waals surface area contributed by atoms with Gasteiger partial charge in [-0.25, -0.2) is 4.39 Å². The summed E-state index contributed by atoms with van der Waals surface area (Å²) in [6.45, 7) is 0.426. The van der Waals surface area contributed by atoms with Crippen LogP contribution in [-0.4, -0.2) is 16.8 Å². The monoisotopic (exact) mass is 349 g/mol. The molecule has 0 bridgehead atoms. The van der Waals surface area contributed by atoms with E-state index in [4.69, 9.17) is 16.0 Å². The van der Waals surface area contributed by atoms with E-state index in [1.54, 1.807) is 23.3 Å². The normalized spacial score (nSPS) is 14.3. The van der Waals surface area contributed by atoms with E-state index < -0.39 is 0 Å². The minimum Gasteiger partial charge on any atom is -0.467 e. The summed E-state index contributed by atoms with van der Waals surface area (Å²) in [7, 11) is 0. The zero-order valence-electron chi connectivity index (χ0n) is 12.1. The van der Waals surface area contributed by atoms with Crippen molar-refractivity contribution in [3.05, 3.63) is 58.1 Å². The molecule has 0 atom stereocenters. The quantitative estimate of drug-likeness (QED) is 0.657. The van der Waals surface area contributed by atoms with Crippen LogP contribution in [0.15, 0.2) is 41.0 Å². The molecule has 1 aromatic carbocycles. The molecule has 2 heterocycles. The third-order valence-corrected chi connectivity index (χ3v) is 5.59. The lowest BCUT2D eigenvalue weighted by Gasteiger charge is -2.20. The van der Waals surface area contributed by atoms with Crippen molar-refractivity contribution in [3.8, 4) is 0 Å². The smallest absolute Gasteiger partial charge is 0.266 e. The number of amides is 1. The minimum atomic E-state index is -0.330. The summed E-state index contributed by atoms with van der Waals surface area (Å²) < 4.78 is 19.4. The number of thiophene rings is 1. The van der Waals surface area contributed by atoms with Gasteiger partial charge < -0.3 is 9.32 Å². The largest absolute Gasteiger partial charge is 0.467 e. The van der Waals surface area contributed by atoms with Gasteiger partial charge in [0.15, 0.2) is 0 Å². The first-order valence-electron chi connectivity index (χ1n) is 7.34. The van der Waals surface area contributed by atoms with Crippen molar-refractivity contribution >= 4 is 38.9 Å². The van der Waals surface area contributed by atoms with Crippen LogP contribution in [-0.2, 0) is 6.54 Å². The molecule has 0 aliphatic heterocycles. The van der Waals surface area contributed by atoms with Gasteiger partial charge in [-0.2, -0.15) is 0 Å². The average molecular weight is 350 g/mol. The summed E-state index contributed by atoms with van der Waals surface area (Å²) in [5.41, 5.74) is 0. The van der Waals surface area contributed by atoms with Crippen molar-refractivity contribution in [1.29, 1.82) is 0 Å². The zero-order chi connectivity index (χ0) is 16.0. The highest BCUT2D eigenvalue weighted by Gasteiger charge is 2.35. The Hall–Kier alpha value is -1.85. The molecule has 23 heavy (non-hydrogen) atoms. The highest BCUT2D eigenvalue weighted by molar-refractivity contribution is 7.21. The van der Waals surface area contributed by atoms with Gasteiger partial charge in [-0.3, -0.25) is 4.79 Å². The minimum absolute atomic E-state index is 0.115. The number of furan rings is 1. The highest BCUT2D eigenvalue weighted by atomic mass is 35.5. The topological polar surface area (TPSA) is 33.5 Å². The van der Waals surface area contributed by atoms with Crippen molar-refractivity contribution in [2.24, 2.45) is 0 Å². The Bertz CT molecular complexity index is 870. The molecule has 4 rings (SSSR count). The zero-order valence-corrected chi connectivity index (χ0v) is 13.7. The number of hydrogen-bond acceptors (Lipinski definition) is 3. The summed E-state index contributed by atoms with van der Waals surface area (Å²) in [5.74, 6) is 0.299. The van der Waals surface area contributed by atoms with Crippen LogP contribution in [0.25, 0.3) is 10.1 Å². The Kier molecular flexibility index (Phi) is 3.62. The summed E-state index contributed by atoms with van der Waals surface area (Å²) in [4.78, 5) is 15.2. The van der Waals surface area contributed by atoms with Gasteiger partial charge in [-0.15, -0.1) is 11.3 Å². The van der Waals surface area contributed by atoms with E-state index in [2.05, 4.69) is 0 Å². The molecular weight excluding hydrogens is 337 g/mol. The first kappa shape index (κ1) is 14.7. The van der Waals surface area contributed by atoms with Gasteiger partial charge in [0.1, 0.15) is 16.5 Å². The van der Waals surface area contributed by atoms with Gasteiger partial charge in [-0.05, 0) is 43.2 Å². The standard InChI is InChI=1S/C17H13ClFNO2S/c18-15-13-6-3-10(19)8-14(13)23-16(15)17(21)20(11-4-5-11)9-12-2-1-7-22-12/h1-3,6-8,11H,4-5,9H2. The number of nitrogens with zero attached hydrogens (tertiary/aromatic N) is 1. The second-order valence-electron chi connectivity index (χ2n) is 5.63. The molecular formula is C17H13ClFNO2S. The van der Waals surface area contributed by atoms with Crippen molar-refractivity contribution in [2.75, 3.05) is 0 Å². The molecule has 0 spiro atoms. The fourth-order valence-corrected chi connectivity index (χ4v) is 4.12. The maximum Gasteiger partial charge on any atom is 0.266 e. The Morgan fingerprint density at radius 3 is 2.91 bits per heavy atom. The van der Waals surface area contributed by atoms with Gasteiger partial charge in [-0.1, -0.05) is 11.6 Å². The molecule has 2 aromatic heterocycles. The lowest BCUT2D eigenvalue weighted by molar-refractivity contribution is 0.0723. The Morgan fingerprint density at radius 1 is 1.39 bits per heavy atom. The molecule has 0 N–H and O–H groups in total. The van der Waals surface area contributed by atoms with E-state index in [0.29, 0.717) is 21.1 Å². The number of rotatable bonds is 4. The highest BCUT2D eigenvalue weighted by Crippen LogP contribution is 2.38. The predicted octanol–water partition coefficient (Wildman–Crippen LogP) is 5.09. The molecule has 0 radical (unpaired) electrons. The maximum atomic E-state index is 13.4. The van der Waals surface area contributed by atoms with Crippen LogP contribution in [0.4, 0.5) is 4.39 Å². The van der Waals surface area contributed by atoms with Gasteiger partial charge in [0.05, 0.1) is 17.8 Å². The second kappa shape index (κ2) is 5.65. The van der Waals surface area contributed by atoms with E-state index in [0.717, 1.165) is 24.0 Å². The molecule has 1 aliphatic carbocycles. The third kappa shape index (κ3) is 2.75. The van der Waals surface area contributed by atoms with E-state index in [1.165, 1.54) is 23.5 Å². The number of carbonyl (C=O) groups excluding carboxylic acids is 1. The summed E-state index contributed by atoms with van der Waals surface area (Å²) >= 11 is 7.61. The van der Waals surface area contributed by atoms with Crippen molar-refractivity contribution in [2.45, 2.75) is 25.4 Å². The average Bonchev–Trinajstić information content (AvgIpc) is 3.15. The summed E-state index contributed by atoms with van der Waals surface area (Å²) in [6.07, 6.45) is 3.58. The van der Waals surface area contributed by atoms with Crippen molar-refractivity contribution < 1.29 is 13.6 Å². The molecule has 3 nitrogen and oxygen atoms in total. The first-order valence-corrected chi connectivity index (χ1v) is 8.54. The summed E-state index contributed by atoms with van der Waals surface area (Å²) in [6, 6.07) is 8.28. The van der Waals surface area contributed by atoms with E-state index in [1.807, 2.05) is 6.07 Å². The second-order valence-corrected chi connectivity index (χ2v) is 7.06. The molecule has 0 unspecified atom stereocenters. The van der Waals surface area contributed by atoms with Crippen molar-refractivity contribution in [3.63, 3.8) is 0 Å². The molecule has 1 fully saturated rings. The third-order valence-electron chi connectivity index (χ3n) is 3.94. The van der Waals surface area contributed by atoms with Gasteiger partial charge in [0.25, 0.3) is 5.91 Å². The van der Waals surface area contributed by atoms with E-state index in [9.17, 15) is 9.18 Å². The van der Waals surface area contributed by atoms with Gasteiger partial charge in [0.2, 0.25) is 0 Å². The van der Waals surface area contributed by atoms with Crippen LogP contribution in [0.5, 0.6) is 0 Å². The van der Waals surface area contributed by atoms with Gasteiger partial charge in [0, 0.05) is 16.1 Å². The predicted molar refractivity (Wildman–Crippen MR) is 88.4 cm³/mol. The molecule has 1 amide bonds. The number of carbonyl (C=O) groups is 1. The van der Waals surface area contributed by atoms with Crippen LogP contribution >= 0.6 is 22.9 Å². The van der Waals surface area contributed by atoms with E-state index >= 15 is 0 Å². The molecule has 3 aromatic rings. The molecule has 0 saturated heterocycles. The van der Waals surface area contributed by atoms with Crippen molar-refractivity contribution in [1.82, 2.24) is 4.90 Å². The van der Waals surface area contributed by atoms with Crippen LogP contribution in [0.2, 0.25) is 5.02 Å². The van der Waals surface area contributed by atoms with Gasteiger partial charge >= 0.3 is 0 Å². The lowest BCUT2D eigenvalue weighted by atomic mass is 10.2. The fourth-order valence-electron chi connectivity index (χ4n) is 2.63. The first-order chi connectivity index (χ1) is 11.1. The lowest BCUT2D eigenvalue weighted by Crippen LogP contribution is -2.32. The number of benzene rings is 1.